The zero-order chi connectivity index (χ0) is 12.4. The first-order valence-electron chi connectivity index (χ1n) is 5.48. The molecule has 90 valence electrons. The van der Waals surface area contributed by atoms with Crippen LogP contribution < -0.4 is 0 Å². The molecule has 0 fully saturated rings. The van der Waals surface area contributed by atoms with Gasteiger partial charge in [-0.3, -0.25) is 4.68 Å². The van der Waals surface area contributed by atoms with Crippen molar-refractivity contribution in [2.45, 2.75) is 26.8 Å². The van der Waals surface area contributed by atoms with Crippen LogP contribution in [0.2, 0.25) is 0 Å². The maximum absolute atomic E-state index is 10.9. The molecule has 0 spiro atoms. The molecule has 0 bridgehead atoms. The van der Waals surface area contributed by atoms with Gasteiger partial charge in [-0.2, -0.15) is 5.10 Å². The monoisotopic (exact) mass is 250 g/mol. The van der Waals surface area contributed by atoms with E-state index in [2.05, 4.69) is 12.0 Å². The molecule has 17 heavy (non-hydrogen) atoms. The van der Waals surface area contributed by atoms with Gasteiger partial charge in [0.05, 0.1) is 6.20 Å². The van der Waals surface area contributed by atoms with E-state index in [0.717, 1.165) is 29.0 Å². The van der Waals surface area contributed by atoms with Gasteiger partial charge in [0, 0.05) is 23.2 Å². The number of nitrogens with zero attached hydrogens (tertiary/aromatic N) is 2. The molecule has 0 radical (unpaired) electrons. The van der Waals surface area contributed by atoms with E-state index >= 15 is 0 Å². The zero-order valence-corrected chi connectivity index (χ0v) is 10.6. The number of thiophene rings is 1. The molecular formula is C12H14N2O2S. The molecule has 0 aliphatic carbocycles. The van der Waals surface area contributed by atoms with Crippen molar-refractivity contribution in [3.05, 3.63) is 28.9 Å². The lowest BCUT2D eigenvalue weighted by atomic mass is 10.2. The van der Waals surface area contributed by atoms with Gasteiger partial charge in [-0.25, -0.2) is 4.79 Å². The van der Waals surface area contributed by atoms with Crippen LogP contribution in [-0.4, -0.2) is 20.9 Å². The number of rotatable bonds is 4. The minimum atomic E-state index is -0.870. The number of carboxylic acid groups (broad SMARTS) is 1. The molecule has 0 saturated heterocycles. The number of aromatic carboxylic acids is 1. The molecule has 2 rings (SSSR count). The van der Waals surface area contributed by atoms with E-state index in [0.29, 0.717) is 4.88 Å². The summed E-state index contributed by atoms with van der Waals surface area (Å²) in [6.45, 7) is 4.91. The van der Waals surface area contributed by atoms with Gasteiger partial charge in [0.15, 0.2) is 0 Å². The van der Waals surface area contributed by atoms with Crippen LogP contribution in [0.3, 0.4) is 0 Å². The van der Waals surface area contributed by atoms with E-state index in [1.165, 1.54) is 11.3 Å². The van der Waals surface area contributed by atoms with Crippen LogP contribution in [0.4, 0.5) is 0 Å². The van der Waals surface area contributed by atoms with Crippen molar-refractivity contribution in [2.75, 3.05) is 0 Å². The van der Waals surface area contributed by atoms with E-state index in [1.807, 2.05) is 17.8 Å². The van der Waals surface area contributed by atoms with Gasteiger partial charge in [-0.15, -0.1) is 11.3 Å². The van der Waals surface area contributed by atoms with Crippen LogP contribution in [0.5, 0.6) is 0 Å². The van der Waals surface area contributed by atoms with Gasteiger partial charge < -0.3 is 5.11 Å². The maximum Gasteiger partial charge on any atom is 0.345 e. The van der Waals surface area contributed by atoms with Crippen LogP contribution in [-0.2, 0) is 6.54 Å². The summed E-state index contributed by atoms with van der Waals surface area (Å²) in [7, 11) is 0. The van der Waals surface area contributed by atoms with Crippen molar-refractivity contribution in [1.29, 1.82) is 0 Å². The van der Waals surface area contributed by atoms with Gasteiger partial charge in [0.1, 0.15) is 4.88 Å². The summed E-state index contributed by atoms with van der Waals surface area (Å²) in [5.41, 5.74) is 1.98. The second-order valence-electron chi connectivity index (χ2n) is 3.92. The van der Waals surface area contributed by atoms with Crippen molar-refractivity contribution < 1.29 is 9.90 Å². The highest BCUT2D eigenvalue weighted by molar-refractivity contribution is 7.17. The Morgan fingerprint density at radius 3 is 2.94 bits per heavy atom. The van der Waals surface area contributed by atoms with E-state index in [-0.39, 0.29) is 0 Å². The van der Waals surface area contributed by atoms with Crippen LogP contribution in [0.1, 0.15) is 28.6 Å². The Labute approximate surface area is 104 Å². The first-order chi connectivity index (χ1) is 8.11. The summed E-state index contributed by atoms with van der Waals surface area (Å²) in [6, 6.07) is 1.71. The summed E-state index contributed by atoms with van der Waals surface area (Å²) >= 11 is 1.30. The smallest absolute Gasteiger partial charge is 0.345 e. The first-order valence-corrected chi connectivity index (χ1v) is 6.30. The molecule has 2 aromatic rings. The summed E-state index contributed by atoms with van der Waals surface area (Å²) in [5.74, 6) is -0.870. The number of hydrogen-bond donors (Lipinski definition) is 1. The van der Waals surface area contributed by atoms with Crippen molar-refractivity contribution >= 4 is 17.3 Å². The summed E-state index contributed by atoms with van der Waals surface area (Å²) in [6.07, 6.45) is 4.79. The lowest BCUT2D eigenvalue weighted by molar-refractivity contribution is 0.0702. The number of aromatic nitrogens is 2. The first kappa shape index (κ1) is 11.9. The van der Waals surface area contributed by atoms with Crippen molar-refractivity contribution in [3.8, 4) is 10.4 Å². The van der Waals surface area contributed by atoms with E-state index < -0.39 is 5.97 Å². The Hall–Kier alpha value is -1.62. The number of carboxylic acids is 1. The minimum absolute atomic E-state index is 0.376. The van der Waals surface area contributed by atoms with Crippen LogP contribution >= 0.6 is 11.3 Å². The van der Waals surface area contributed by atoms with Crippen molar-refractivity contribution in [3.63, 3.8) is 0 Å². The zero-order valence-electron chi connectivity index (χ0n) is 9.80. The highest BCUT2D eigenvalue weighted by Crippen LogP contribution is 2.32. The molecule has 0 amide bonds. The summed E-state index contributed by atoms with van der Waals surface area (Å²) in [4.78, 5) is 12.3. The summed E-state index contributed by atoms with van der Waals surface area (Å²) in [5, 5.41) is 13.2. The molecule has 0 aromatic carbocycles. The molecular weight excluding hydrogens is 236 g/mol. The molecule has 5 heteroatoms. The van der Waals surface area contributed by atoms with Gasteiger partial charge in [-0.1, -0.05) is 6.92 Å². The molecule has 0 aliphatic rings. The lowest BCUT2D eigenvalue weighted by Gasteiger charge is -1.95. The quantitative estimate of drug-likeness (QED) is 0.907. The van der Waals surface area contributed by atoms with Gasteiger partial charge in [-0.05, 0) is 25.0 Å². The number of aryl methyl sites for hydroxylation is 2. The fourth-order valence-electron chi connectivity index (χ4n) is 1.71. The fourth-order valence-corrected chi connectivity index (χ4v) is 2.69. The second kappa shape index (κ2) is 4.71. The molecule has 0 atom stereocenters. The topological polar surface area (TPSA) is 55.1 Å². The molecule has 2 heterocycles. The molecule has 2 aromatic heterocycles. The lowest BCUT2D eigenvalue weighted by Crippen LogP contribution is -1.95. The largest absolute Gasteiger partial charge is 0.477 e. The van der Waals surface area contributed by atoms with E-state index in [1.54, 1.807) is 12.3 Å². The van der Waals surface area contributed by atoms with Gasteiger partial charge in [0.25, 0.3) is 0 Å². The average Bonchev–Trinajstić information content (AvgIpc) is 2.85. The highest BCUT2D eigenvalue weighted by Gasteiger charge is 2.13. The van der Waals surface area contributed by atoms with Crippen molar-refractivity contribution in [1.82, 2.24) is 9.78 Å². The molecule has 0 unspecified atom stereocenters. The van der Waals surface area contributed by atoms with E-state index in [9.17, 15) is 4.79 Å². The predicted molar refractivity (Wildman–Crippen MR) is 67.5 cm³/mol. The molecule has 0 saturated carbocycles. The highest BCUT2D eigenvalue weighted by atomic mass is 32.1. The summed E-state index contributed by atoms with van der Waals surface area (Å²) < 4.78 is 1.88. The Bertz CT molecular complexity index is 542. The van der Waals surface area contributed by atoms with E-state index in [4.69, 9.17) is 5.11 Å². The Balaban J connectivity index is 2.35. The Morgan fingerprint density at radius 1 is 1.59 bits per heavy atom. The van der Waals surface area contributed by atoms with Gasteiger partial charge in [0.2, 0.25) is 0 Å². The third-order valence-corrected chi connectivity index (χ3v) is 3.75. The average molecular weight is 250 g/mol. The maximum atomic E-state index is 10.9. The Morgan fingerprint density at radius 2 is 2.35 bits per heavy atom. The van der Waals surface area contributed by atoms with Crippen molar-refractivity contribution in [2.24, 2.45) is 0 Å². The minimum Gasteiger partial charge on any atom is -0.477 e. The number of hydrogen-bond acceptors (Lipinski definition) is 3. The normalized spacial score (nSPS) is 10.7. The van der Waals surface area contributed by atoms with Crippen LogP contribution in [0.15, 0.2) is 18.5 Å². The molecule has 0 aliphatic heterocycles. The second-order valence-corrected chi connectivity index (χ2v) is 4.97. The van der Waals surface area contributed by atoms with Crippen LogP contribution in [0.25, 0.3) is 10.4 Å². The third kappa shape index (κ3) is 2.39. The molecule has 4 nitrogen and oxygen atoms in total. The molecule has 1 N–H and O–H groups in total. The number of carbonyl (C=O) groups is 1. The predicted octanol–water partition coefficient (Wildman–Crippen LogP) is 3.03. The fraction of sp³-hybridized carbons (Fsp3) is 0.333. The third-order valence-electron chi connectivity index (χ3n) is 2.48. The van der Waals surface area contributed by atoms with Gasteiger partial charge >= 0.3 is 5.97 Å². The van der Waals surface area contributed by atoms with Crippen LogP contribution in [0, 0.1) is 6.92 Å². The standard InChI is InChI=1S/C12H14N2O2S/c1-3-4-14-7-9(6-13-14)11-8(2)5-10(17-11)12(15)16/h5-7H,3-4H2,1-2H3,(H,15,16). The Kier molecular flexibility index (Phi) is 3.28. The SMILES string of the molecule is CCCn1cc(-c2sc(C(=O)O)cc2C)cn1.